The van der Waals surface area contributed by atoms with Gasteiger partial charge in [0, 0.05) is 19.8 Å². The number of nitrogens with one attached hydrogen (secondary N) is 1. The normalized spacial score (nSPS) is 11.5. The number of carbonyl (C=O) groups is 1. The third kappa shape index (κ3) is 5.41. The zero-order valence-electron chi connectivity index (χ0n) is 15.5. The minimum Gasteiger partial charge on any atom is -0.326 e. The van der Waals surface area contributed by atoms with Crippen LogP contribution in [0.4, 0.5) is 5.69 Å². The van der Waals surface area contributed by atoms with Gasteiger partial charge < -0.3 is 5.32 Å². The highest BCUT2D eigenvalue weighted by Crippen LogP contribution is 2.18. The fraction of sp³-hybridized carbons (Fsp3) is 0.350. The van der Waals surface area contributed by atoms with E-state index >= 15 is 0 Å². The number of anilines is 1. The number of sulfonamides is 1. The van der Waals surface area contributed by atoms with Gasteiger partial charge in [0.25, 0.3) is 0 Å². The molecule has 0 aromatic heterocycles. The standard InChI is InChI=1S/C20H26N2O3S/c1-4-5-7-16-10-12-17(13-11-16)14-20(23)21-18-8-6-9-19(15-18)26(24,25)22(2)3/h6,8-13,15H,4-5,7,14H2,1-3H3,(H,21,23). The molecule has 0 atom stereocenters. The second-order valence-electron chi connectivity index (χ2n) is 6.46. The second-order valence-corrected chi connectivity index (χ2v) is 8.61. The monoisotopic (exact) mass is 374 g/mol. The van der Waals surface area contributed by atoms with Crippen molar-refractivity contribution >= 4 is 21.6 Å². The van der Waals surface area contributed by atoms with Gasteiger partial charge in [0.2, 0.25) is 15.9 Å². The Kier molecular flexibility index (Phi) is 6.94. The van der Waals surface area contributed by atoms with Crippen LogP contribution in [0.25, 0.3) is 0 Å². The van der Waals surface area contributed by atoms with Crippen LogP contribution in [0.15, 0.2) is 53.4 Å². The van der Waals surface area contributed by atoms with Crippen LogP contribution in [0.3, 0.4) is 0 Å². The molecule has 0 aliphatic heterocycles. The molecule has 0 saturated carbocycles. The summed E-state index contributed by atoms with van der Waals surface area (Å²) in [5.41, 5.74) is 2.68. The van der Waals surface area contributed by atoms with Gasteiger partial charge in [-0.1, -0.05) is 43.7 Å². The van der Waals surface area contributed by atoms with Crippen molar-refractivity contribution in [3.05, 3.63) is 59.7 Å². The Hall–Kier alpha value is -2.18. The van der Waals surface area contributed by atoms with Crippen LogP contribution in [-0.4, -0.2) is 32.7 Å². The zero-order valence-corrected chi connectivity index (χ0v) is 16.3. The first-order valence-corrected chi connectivity index (χ1v) is 10.2. The van der Waals surface area contributed by atoms with Gasteiger partial charge in [-0.05, 0) is 42.2 Å². The van der Waals surface area contributed by atoms with E-state index in [-0.39, 0.29) is 17.2 Å². The van der Waals surface area contributed by atoms with Crippen molar-refractivity contribution in [1.29, 1.82) is 0 Å². The molecular weight excluding hydrogens is 348 g/mol. The van der Waals surface area contributed by atoms with Gasteiger partial charge in [0.15, 0.2) is 0 Å². The summed E-state index contributed by atoms with van der Waals surface area (Å²) in [5.74, 6) is -0.175. The van der Waals surface area contributed by atoms with Crippen molar-refractivity contribution in [3.8, 4) is 0 Å². The van der Waals surface area contributed by atoms with Crippen LogP contribution < -0.4 is 5.32 Å². The van der Waals surface area contributed by atoms with Crippen molar-refractivity contribution in [2.24, 2.45) is 0 Å². The first kappa shape index (κ1) is 20.1. The molecule has 140 valence electrons. The quantitative estimate of drug-likeness (QED) is 0.769. The Morgan fingerprint density at radius 2 is 1.69 bits per heavy atom. The first-order valence-electron chi connectivity index (χ1n) is 8.73. The molecule has 0 radical (unpaired) electrons. The fourth-order valence-corrected chi connectivity index (χ4v) is 3.49. The van der Waals surface area contributed by atoms with E-state index in [4.69, 9.17) is 0 Å². The number of hydrogen-bond donors (Lipinski definition) is 1. The van der Waals surface area contributed by atoms with E-state index in [0.29, 0.717) is 5.69 Å². The lowest BCUT2D eigenvalue weighted by molar-refractivity contribution is -0.115. The lowest BCUT2D eigenvalue weighted by Crippen LogP contribution is -2.22. The van der Waals surface area contributed by atoms with Crippen LogP contribution in [-0.2, 0) is 27.7 Å². The Balaban J connectivity index is 2.02. The van der Waals surface area contributed by atoms with Crippen molar-refractivity contribution in [1.82, 2.24) is 4.31 Å². The van der Waals surface area contributed by atoms with Crippen LogP contribution in [0, 0.1) is 0 Å². The van der Waals surface area contributed by atoms with E-state index in [0.717, 1.165) is 29.1 Å². The third-order valence-electron chi connectivity index (χ3n) is 4.10. The van der Waals surface area contributed by atoms with Gasteiger partial charge in [-0.15, -0.1) is 0 Å². The van der Waals surface area contributed by atoms with Crippen molar-refractivity contribution in [2.45, 2.75) is 37.5 Å². The van der Waals surface area contributed by atoms with Crippen LogP contribution in [0.1, 0.15) is 30.9 Å². The minimum absolute atomic E-state index is 0.153. The van der Waals surface area contributed by atoms with Crippen LogP contribution in [0.2, 0.25) is 0 Å². The molecule has 26 heavy (non-hydrogen) atoms. The largest absolute Gasteiger partial charge is 0.326 e. The van der Waals surface area contributed by atoms with E-state index in [1.807, 2.05) is 12.1 Å². The zero-order chi connectivity index (χ0) is 19.2. The van der Waals surface area contributed by atoms with Gasteiger partial charge in [0.1, 0.15) is 0 Å². The Bertz CT molecular complexity index is 844. The van der Waals surface area contributed by atoms with Crippen LogP contribution >= 0.6 is 0 Å². The number of aryl methyl sites for hydroxylation is 1. The third-order valence-corrected chi connectivity index (χ3v) is 5.91. The second kappa shape index (κ2) is 8.96. The molecular formula is C20H26N2O3S. The predicted molar refractivity (Wildman–Crippen MR) is 105 cm³/mol. The van der Waals surface area contributed by atoms with Gasteiger partial charge in [-0.2, -0.15) is 0 Å². The summed E-state index contributed by atoms with van der Waals surface area (Å²) in [6, 6.07) is 14.3. The molecule has 0 spiro atoms. The molecule has 0 fully saturated rings. The smallest absolute Gasteiger partial charge is 0.242 e. The SMILES string of the molecule is CCCCc1ccc(CC(=O)Nc2cccc(S(=O)(=O)N(C)C)c2)cc1. The van der Waals surface area contributed by atoms with Crippen molar-refractivity contribution in [2.75, 3.05) is 19.4 Å². The Morgan fingerprint density at radius 3 is 2.31 bits per heavy atom. The van der Waals surface area contributed by atoms with Gasteiger partial charge in [0.05, 0.1) is 11.3 Å². The average molecular weight is 375 g/mol. The fourth-order valence-electron chi connectivity index (χ4n) is 2.54. The van der Waals surface area contributed by atoms with Crippen molar-refractivity contribution < 1.29 is 13.2 Å². The lowest BCUT2D eigenvalue weighted by Gasteiger charge is -2.12. The van der Waals surface area contributed by atoms with E-state index in [1.165, 1.54) is 31.8 Å². The number of rotatable bonds is 8. The molecule has 2 aromatic rings. The maximum absolute atomic E-state index is 12.3. The molecule has 0 bridgehead atoms. The number of benzene rings is 2. The predicted octanol–water partition coefficient (Wildman–Crippen LogP) is 3.46. The summed E-state index contributed by atoms with van der Waals surface area (Å²) in [4.78, 5) is 12.4. The molecule has 0 heterocycles. The Labute approximate surface area is 156 Å². The summed E-state index contributed by atoms with van der Waals surface area (Å²) in [5, 5.41) is 2.77. The lowest BCUT2D eigenvalue weighted by atomic mass is 10.0. The molecule has 2 rings (SSSR count). The summed E-state index contributed by atoms with van der Waals surface area (Å²) >= 11 is 0. The molecule has 0 aliphatic rings. The number of carbonyl (C=O) groups excluding carboxylic acids is 1. The topological polar surface area (TPSA) is 66.5 Å². The summed E-state index contributed by atoms with van der Waals surface area (Å²) in [7, 11) is -0.571. The Morgan fingerprint density at radius 1 is 1.04 bits per heavy atom. The van der Waals surface area contributed by atoms with E-state index in [2.05, 4.69) is 24.4 Å². The highest BCUT2D eigenvalue weighted by atomic mass is 32.2. The van der Waals surface area contributed by atoms with E-state index in [1.54, 1.807) is 12.1 Å². The molecule has 0 saturated heterocycles. The summed E-state index contributed by atoms with van der Waals surface area (Å²) < 4.78 is 25.5. The highest BCUT2D eigenvalue weighted by Gasteiger charge is 2.17. The number of hydrogen-bond acceptors (Lipinski definition) is 3. The van der Waals surface area contributed by atoms with Gasteiger partial charge in [-0.25, -0.2) is 12.7 Å². The first-order chi connectivity index (χ1) is 12.3. The van der Waals surface area contributed by atoms with Crippen molar-refractivity contribution in [3.63, 3.8) is 0 Å². The number of amides is 1. The van der Waals surface area contributed by atoms with E-state index in [9.17, 15) is 13.2 Å². The number of nitrogens with zero attached hydrogens (tertiary/aromatic N) is 1. The molecule has 1 N–H and O–H groups in total. The maximum Gasteiger partial charge on any atom is 0.242 e. The summed E-state index contributed by atoms with van der Waals surface area (Å²) in [6.45, 7) is 2.16. The van der Waals surface area contributed by atoms with Crippen LogP contribution in [0.5, 0.6) is 0 Å². The molecule has 0 aliphatic carbocycles. The highest BCUT2D eigenvalue weighted by molar-refractivity contribution is 7.89. The molecule has 2 aromatic carbocycles. The average Bonchev–Trinajstić information content (AvgIpc) is 2.61. The van der Waals surface area contributed by atoms with Gasteiger partial charge in [-0.3, -0.25) is 4.79 Å². The van der Waals surface area contributed by atoms with E-state index < -0.39 is 10.0 Å². The van der Waals surface area contributed by atoms with Gasteiger partial charge >= 0.3 is 0 Å². The molecule has 5 nitrogen and oxygen atoms in total. The number of unbranched alkanes of at least 4 members (excludes halogenated alkanes) is 1. The summed E-state index contributed by atoms with van der Waals surface area (Å²) in [6.07, 6.45) is 3.62. The molecule has 0 unspecified atom stereocenters. The minimum atomic E-state index is -3.52. The molecule has 6 heteroatoms. The maximum atomic E-state index is 12.3. The molecule has 1 amide bonds.